The highest BCUT2D eigenvalue weighted by Gasteiger charge is 2.47. The van der Waals surface area contributed by atoms with Gasteiger partial charge in [0.15, 0.2) is 0 Å². The van der Waals surface area contributed by atoms with E-state index >= 15 is 0 Å². The van der Waals surface area contributed by atoms with E-state index in [4.69, 9.17) is 4.74 Å². The minimum atomic E-state index is -1.65. The van der Waals surface area contributed by atoms with E-state index in [1.165, 1.54) is 43.7 Å². The van der Waals surface area contributed by atoms with Crippen LogP contribution in [0.25, 0.3) is 0 Å². The lowest BCUT2D eigenvalue weighted by molar-refractivity contribution is -0.163. The number of hydrogen-bond donors (Lipinski definition) is 4. The zero-order valence-electron chi connectivity index (χ0n) is 32.8. The van der Waals surface area contributed by atoms with Crippen molar-refractivity contribution in [3.63, 3.8) is 0 Å². The van der Waals surface area contributed by atoms with Crippen LogP contribution in [-0.4, -0.2) is 130 Å². The van der Waals surface area contributed by atoms with E-state index in [1.807, 2.05) is 13.8 Å². The summed E-state index contributed by atoms with van der Waals surface area (Å²) in [5.41, 5.74) is 0.0287. The molecule has 0 saturated carbocycles. The van der Waals surface area contributed by atoms with E-state index < -0.39 is 108 Å². The lowest BCUT2D eigenvalue weighted by Crippen LogP contribution is -2.63. The molecule has 3 aliphatic rings. The molecule has 0 unspecified atom stereocenters. The second-order valence-electron chi connectivity index (χ2n) is 15.1. The molecule has 3 aliphatic heterocycles. The number of amides is 6. The molecule has 9 atom stereocenters. The Morgan fingerprint density at radius 3 is 2.34 bits per heavy atom. The molecule has 4 N–H and O–H groups in total. The number of rotatable bonds is 10. The Bertz CT molecular complexity index is 1670. The number of halogens is 2. The Labute approximate surface area is 325 Å². The number of likely N-dealkylation sites (N-methyl/N-ethyl adjacent to an activating group) is 1. The Balaban J connectivity index is 1.74. The van der Waals surface area contributed by atoms with Crippen molar-refractivity contribution in [3.05, 3.63) is 47.5 Å². The largest absolute Gasteiger partial charge is 0.458 e. The van der Waals surface area contributed by atoms with Crippen molar-refractivity contribution < 1.29 is 52.2 Å². The van der Waals surface area contributed by atoms with Crippen LogP contribution < -0.4 is 16.0 Å². The highest BCUT2D eigenvalue weighted by atomic mass is 19.1. The third kappa shape index (κ3) is 10.7. The second kappa shape index (κ2) is 19.3. The third-order valence-corrected chi connectivity index (χ3v) is 10.4. The van der Waals surface area contributed by atoms with Gasteiger partial charge < -0.3 is 40.5 Å². The summed E-state index contributed by atoms with van der Waals surface area (Å²) >= 11 is 0. The summed E-state index contributed by atoms with van der Waals surface area (Å²) in [6, 6.07) is -5.34. The zero-order chi connectivity index (χ0) is 41.4. The van der Waals surface area contributed by atoms with Gasteiger partial charge >= 0.3 is 5.97 Å². The topological polar surface area (TPSA) is 195 Å². The van der Waals surface area contributed by atoms with Gasteiger partial charge in [-0.15, -0.1) is 0 Å². The number of carbonyl (C=O) groups is 7. The highest BCUT2D eigenvalue weighted by Crippen LogP contribution is 2.27. The number of nitrogens with zero attached hydrogens (tertiary/aromatic N) is 3. The quantitative estimate of drug-likeness (QED) is 0.153. The molecule has 4 rings (SSSR count). The molecular formula is C39H54F2N6O9. The number of allylic oxidation sites excluding steroid dienone is 1. The van der Waals surface area contributed by atoms with Gasteiger partial charge in [-0.1, -0.05) is 32.8 Å². The van der Waals surface area contributed by atoms with Crippen LogP contribution in [0.3, 0.4) is 0 Å². The van der Waals surface area contributed by atoms with Crippen molar-refractivity contribution in [2.24, 2.45) is 5.92 Å². The van der Waals surface area contributed by atoms with Crippen LogP contribution in [0.2, 0.25) is 0 Å². The van der Waals surface area contributed by atoms with E-state index in [-0.39, 0.29) is 37.4 Å². The number of esters is 1. The van der Waals surface area contributed by atoms with Crippen LogP contribution in [0.15, 0.2) is 30.4 Å². The molecule has 0 bridgehead atoms. The fraction of sp³-hybridized carbons (Fsp3) is 0.615. The maximum atomic E-state index is 14.5. The molecule has 17 heteroatoms. The normalized spacial score (nSPS) is 27.8. The lowest BCUT2D eigenvalue weighted by atomic mass is 10.0. The van der Waals surface area contributed by atoms with E-state index in [0.29, 0.717) is 18.9 Å². The van der Waals surface area contributed by atoms with E-state index in [2.05, 4.69) is 16.0 Å². The number of benzene rings is 1. The number of fused-ring (bicyclic) bond motifs is 2. The Morgan fingerprint density at radius 1 is 1.02 bits per heavy atom. The monoisotopic (exact) mass is 788 g/mol. The van der Waals surface area contributed by atoms with Crippen molar-refractivity contribution in [1.29, 1.82) is 0 Å². The summed E-state index contributed by atoms with van der Waals surface area (Å²) in [5, 5.41) is 18.4. The van der Waals surface area contributed by atoms with Gasteiger partial charge in [-0.2, -0.15) is 0 Å². The molecule has 308 valence electrons. The van der Waals surface area contributed by atoms with Crippen LogP contribution in [0, 0.1) is 17.6 Å². The van der Waals surface area contributed by atoms with Gasteiger partial charge in [0.2, 0.25) is 35.4 Å². The molecule has 1 aromatic carbocycles. The molecule has 15 nitrogen and oxygen atoms in total. The summed E-state index contributed by atoms with van der Waals surface area (Å²) in [6.45, 7) is 8.10. The Kier molecular flexibility index (Phi) is 15.1. The fourth-order valence-corrected chi connectivity index (χ4v) is 7.55. The molecule has 56 heavy (non-hydrogen) atoms. The average molecular weight is 789 g/mol. The number of carbonyl (C=O) groups excluding carboxylic acids is 7. The van der Waals surface area contributed by atoms with E-state index in [0.717, 1.165) is 29.9 Å². The summed E-state index contributed by atoms with van der Waals surface area (Å²) in [5.74, 6) is -7.43. The van der Waals surface area contributed by atoms with Crippen LogP contribution in [0.4, 0.5) is 8.78 Å². The van der Waals surface area contributed by atoms with Gasteiger partial charge in [-0.3, -0.25) is 28.8 Å². The number of ether oxygens (including phenoxy) is 1. The van der Waals surface area contributed by atoms with E-state index in [9.17, 15) is 47.4 Å². The zero-order valence-corrected chi connectivity index (χ0v) is 32.8. The minimum absolute atomic E-state index is 0.0287. The van der Waals surface area contributed by atoms with Crippen molar-refractivity contribution in [1.82, 2.24) is 30.7 Å². The highest BCUT2D eigenvalue weighted by molar-refractivity contribution is 5.98. The van der Waals surface area contributed by atoms with Crippen LogP contribution in [0.1, 0.15) is 78.7 Å². The standard InChI is InChI=1S/C39H54F2N6O9/c1-7-8-9-10-13-31(49)43-28(18-25-16-26(40)19-27(41)17-25)34(50)44-32-24(5)56-39(55)30-15-21(2)20-47(30)36(52)22(3)42-35(51)33(23(4)48)45(6)37(53)29-12-11-14-46(29)38(32)54/h10,13,16-17,19,21-24,28-30,32-33,48H,7-9,11-12,14-15,18,20H2,1-6H3,(H,42,51)(H,43,49)(H,44,50)/b13-10+/t21-,22+,23-,24+,28+,29+,30+,32+,33+/m1/s1. The molecule has 0 radical (unpaired) electrons. The summed E-state index contributed by atoms with van der Waals surface area (Å²) in [7, 11) is 1.30. The van der Waals surface area contributed by atoms with Crippen LogP contribution in [-0.2, 0) is 44.7 Å². The smallest absolute Gasteiger partial charge is 0.329 e. The third-order valence-electron chi connectivity index (χ3n) is 10.4. The van der Waals surface area contributed by atoms with Crippen LogP contribution >= 0.6 is 0 Å². The first kappa shape index (κ1) is 43.8. The van der Waals surface area contributed by atoms with Gasteiger partial charge in [0.05, 0.1) is 6.10 Å². The number of hydrogen-bond acceptors (Lipinski definition) is 9. The van der Waals surface area contributed by atoms with Gasteiger partial charge in [-0.05, 0) is 76.1 Å². The number of aliphatic hydroxyl groups excluding tert-OH is 1. The summed E-state index contributed by atoms with van der Waals surface area (Å²) in [4.78, 5) is 100. The Hall–Kier alpha value is -4.93. The van der Waals surface area contributed by atoms with Crippen molar-refractivity contribution in [3.8, 4) is 0 Å². The lowest BCUT2D eigenvalue weighted by Gasteiger charge is -2.37. The minimum Gasteiger partial charge on any atom is -0.458 e. The molecule has 3 fully saturated rings. The first-order valence-electron chi connectivity index (χ1n) is 19.2. The van der Waals surface area contributed by atoms with E-state index in [1.54, 1.807) is 6.08 Å². The number of unbranched alkanes of at least 4 members (excludes halogenated alkanes) is 2. The predicted molar refractivity (Wildman–Crippen MR) is 198 cm³/mol. The van der Waals surface area contributed by atoms with Crippen molar-refractivity contribution in [2.75, 3.05) is 20.1 Å². The summed E-state index contributed by atoms with van der Waals surface area (Å²) < 4.78 is 34.3. The molecule has 6 amide bonds. The molecule has 0 aromatic heterocycles. The Morgan fingerprint density at radius 2 is 1.70 bits per heavy atom. The molecule has 0 aliphatic carbocycles. The van der Waals surface area contributed by atoms with Gasteiger partial charge in [0.25, 0.3) is 0 Å². The maximum absolute atomic E-state index is 14.5. The van der Waals surface area contributed by atoms with Crippen molar-refractivity contribution in [2.45, 2.75) is 128 Å². The maximum Gasteiger partial charge on any atom is 0.329 e. The molecule has 1 aromatic rings. The first-order chi connectivity index (χ1) is 26.4. The second-order valence-corrected chi connectivity index (χ2v) is 15.1. The number of nitrogens with one attached hydrogen (secondary N) is 3. The van der Waals surface area contributed by atoms with Gasteiger partial charge in [-0.25, -0.2) is 13.6 Å². The molecular weight excluding hydrogens is 734 g/mol. The molecule has 3 heterocycles. The number of aliphatic hydroxyl groups is 1. The fourth-order valence-electron chi connectivity index (χ4n) is 7.55. The van der Waals surface area contributed by atoms with Crippen molar-refractivity contribution >= 4 is 41.4 Å². The summed E-state index contributed by atoms with van der Waals surface area (Å²) in [6.07, 6.45) is 2.67. The van der Waals surface area contributed by atoms with Crippen LogP contribution in [0.5, 0.6) is 0 Å². The van der Waals surface area contributed by atoms with Gasteiger partial charge in [0.1, 0.15) is 54.0 Å². The first-order valence-corrected chi connectivity index (χ1v) is 19.2. The number of cyclic esters (lactones) is 1. The molecule has 3 saturated heterocycles. The predicted octanol–water partition coefficient (Wildman–Crippen LogP) is 1.11. The average Bonchev–Trinajstić information content (AvgIpc) is 3.77. The van der Waals surface area contributed by atoms with Gasteiger partial charge in [0, 0.05) is 32.6 Å². The SMILES string of the molecule is CCCC/C=C/C(=O)N[C@@H](Cc1cc(F)cc(F)c1)C(=O)N[C@@H]1C(=O)N2CCC[C@H]2C(=O)N(C)[C@@H]([C@@H](C)O)C(=O)N[C@@H](C)C(=O)N2C[C@H](C)C[C@H]2C(=O)O[C@H]1C. The molecule has 0 spiro atoms.